The first-order valence-electron chi connectivity index (χ1n) is 12.9. The fraction of sp³-hybridized carbons (Fsp3) is 0.517. The van der Waals surface area contributed by atoms with Crippen LogP contribution in [0.25, 0.3) is 0 Å². The minimum Gasteiger partial charge on any atom is -0.351 e. The first-order chi connectivity index (χ1) is 16.7. The first-order valence-corrected chi connectivity index (χ1v) is 12.9. The van der Waals surface area contributed by atoms with Crippen LogP contribution in [0.3, 0.4) is 0 Å². The predicted molar refractivity (Wildman–Crippen MR) is 137 cm³/mol. The number of nitrogens with zero attached hydrogens (tertiary/aromatic N) is 2. The molecule has 1 saturated heterocycles. The van der Waals surface area contributed by atoms with E-state index in [0.29, 0.717) is 44.2 Å². The van der Waals surface area contributed by atoms with Crippen LogP contribution < -0.4 is 5.32 Å². The third kappa shape index (κ3) is 6.29. The number of carbonyl (C=O) groups is 2. The van der Waals surface area contributed by atoms with Crippen molar-refractivity contribution in [1.82, 2.24) is 15.1 Å². The minimum atomic E-state index is -0.294. The van der Waals surface area contributed by atoms with Crippen molar-refractivity contribution in [3.8, 4) is 0 Å². The lowest BCUT2D eigenvalue weighted by Crippen LogP contribution is -2.57. The summed E-state index contributed by atoms with van der Waals surface area (Å²) in [5.41, 5.74) is 2.74. The first kappa shape index (κ1) is 25.4. The van der Waals surface area contributed by atoms with Crippen molar-refractivity contribution >= 4 is 11.8 Å². The second-order valence-corrected chi connectivity index (χ2v) is 11.0. The van der Waals surface area contributed by atoms with Crippen LogP contribution in [0.4, 0.5) is 4.39 Å². The Bertz CT molecular complexity index is 1020. The summed E-state index contributed by atoms with van der Waals surface area (Å²) in [5, 5.41) is 3.05. The summed E-state index contributed by atoms with van der Waals surface area (Å²) in [4.78, 5) is 30.6. The number of nitrogens with one attached hydrogen (secondary N) is 1. The molecule has 2 aromatic rings. The van der Waals surface area contributed by atoms with Crippen LogP contribution in [-0.2, 0) is 16.8 Å². The molecule has 0 bridgehead atoms. The van der Waals surface area contributed by atoms with Gasteiger partial charge in [0, 0.05) is 38.3 Å². The molecule has 0 radical (unpaired) electrons. The maximum atomic E-state index is 13.5. The maximum Gasteiger partial charge on any atom is 0.253 e. The molecule has 2 fully saturated rings. The Balaban J connectivity index is 1.38. The van der Waals surface area contributed by atoms with Crippen LogP contribution >= 0.6 is 0 Å². The van der Waals surface area contributed by atoms with Gasteiger partial charge in [-0.25, -0.2) is 4.39 Å². The van der Waals surface area contributed by atoms with Gasteiger partial charge in [-0.15, -0.1) is 0 Å². The summed E-state index contributed by atoms with van der Waals surface area (Å²) in [7, 11) is 0. The molecular weight excluding hydrogens is 441 g/mol. The average Bonchev–Trinajstić information content (AvgIpc) is 3.37. The average molecular weight is 480 g/mol. The fourth-order valence-corrected chi connectivity index (χ4v) is 5.39. The van der Waals surface area contributed by atoms with Crippen LogP contribution in [0.2, 0.25) is 0 Å². The highest BCUT2D eigenvalue weighted by molar-refractivity contribution is 5.94. The maximum absolute atomic E-state index is 13.5. The van der Waals surface area contributed by atoms with E-state index in [1.807, 2.05) is 35.2 Å². The van der Waals surface area contributed by atoms with Gasteiger partial charge < -0.3 is 10.2 Å². The zero-order valence-corrected chi connectivity index (χ0v) is 21.2. The highest BCUT2D eigenvalue weighted by atomic mass is 19.1. The van der Waals surface area contributed by atoms with Gasteiger partial charge in [0.25, 0.3) is 5.91 Å². The normalized spacial score (nSPS) is 18.5. The monoisotopic (exact) mass is 479 g/mol. The number of hydrogen-bond acceptors (Lipinski definition) is 3. The van der Waals surface area contributed by atoms with E-state index in [-0.39, 0.29) is 29.1 Å². The molecule has 1 aliphatic heterocycles. The Kier molecular flexibility index (Phi) is 7.90. The van der Waals surface area contributed by atoms with E-state index in [0.717, 1.165) is 31.2 Å². The smallest absolute Gasteiger partial charge is 0.253 e. The Labute approximate surface area is 208 Å². The van der Waals surface area contributed by atoms with Crippen molar-refractivity contribution in [2.24, 2.45) is 5.92 Å². The lowest BCUT2D eigenvalue weighted by molar-refractivity contribution is -0.129. The third-order valence-corrected chi connectivity index (χ3v) is 7.46. The standard InChI is InChI=1S/C29H38FN3O2/c1-29(2,3)24-13-11-23(12-14-24)28(35)33-17-15-32(16-18-33)26(22-8-4-5-9-22)27(34)31-20-21-7-6-10-25(30)19-21/h6-7,10-14,19,22,26H,4-5,8-9,15-18,20H2,1-3H3,(H,31,34)/t26-/m1/s1. The highest BCUT2D eigenvalue weighted by Gasteiger charge is 2.37. The molecule has 1 N–H and O–H groups in total. The largest absolute Gasteiger partial charge is 0.351 e. The number of hydrogen-bond donors (Lipinski definition) is 1. The zero-order valence-electron chi connectivity index (χ0n) is 21.2. The van der Waals surface area contributed by atoms with E-state index in [1.165, 1.54) is 17.7 Å². The summed E-state index contributed by atoms with van der Waals surface area (Å²) in [6.07, 6.45) is 4.41. The highest BCUT2D eigenvalue weighted by Crippen LogP contribution is 2.31. The molecule has 2 amide bonds. The molecule has 4 rings (SSSR count). The molecule has 0 unspecified atom stereocenters. The Morgan fingerprint density at radius 3 is 2.26 bits per heavy atom. The second-order valence-electron chi connectivity index (χ2n) is 11.0. The molecule has 1 aliphatic carbocycles. The molecule has 35 heavy (non-hydrogen) atoms. The molecule has 0 spiro atoms. The predicted octanol–water partition coefficient (Wildman–Crippen LogP) is 4.76. The lowest BCUT2D eigenvalue weighted by Gasteiger charge is -2.40. The summed E-state index contributed by atoms with van der Waals surface area (Å²) < 4.78 is 13.5. The van der Waals surface area contributed by atoms with Gasteiger partial charge in [0.1, 0.15) is 5.82 Å². The number of piperazine rings is 1. The van der Waals surface area contributed by atoms with Crippen molar-refractivity contribution in [3.63, 3.8) is 0 Å². The molecule has 2 aromatic carbocycles. The van der Waals surface area contributed by atoms with E-state index in [1.54, 1.807) is 6.07 Å². The zero-order chi connectivity index (χ0) is 25.0. The van der Waals surface area contributed by atoms with E-state index in [4.69, 9.17) is 0 Å². The molecule has 188 valence electrons. The van der Waals surface area contributed by atoms with Crippen LogP contribution in [-0.4, -0.2) is 53.8 Å². The van der Waals surface area contributed by atoms with E-state index in [9.17, 15) is 14.0 Å². The van der Waals surface area contributed by atoms with Gasteiger partial charge in [-0.2, -0.15) is 0 Å². The Hall–Kier alpha value is -2.73. The molecule has 2 aliphatic rings. The Morgan fingerprint density at radius 1 is 1.00 bits per heavy atom. The quantitative estimate of drug-likeness (QED) is 0.650. The van der Waals surface area contributed by atoms with Gasteiger partial charge in [0.05, 0.1) is 6.04 Å². The number of halogens is 1. The van der Waals surface area contributed by atoms with Crippen molar-refractivity contribution < 1.29 is 14.0 Å². The molecular formula is C29H38FN3O2. The van der Waals surface area contributed by atoms with Gasteiger partial charge in [-0.05, 0) is 59.6 Å². The van der Waals surface area contributed by atoms with Crippen LogP contribution in [0.1, 0.15) is 67.9 Å². The third-order valence-electron chi connectivity index (χ3n) is 7.46. The summed E-state index contributed by atoms with van der Waals surface area (Å²) in [5.74, 6) is 0.101. The molecule has 5 nitrogen and oxygen atoms in total. The van der Waals surface area contributed by atoms with E-state index >= 15 is 0 Å². The minimum absolute atomic E-state index is 0.0127. The number of rotatable bonds is 6. The van der Waals surface area contributed by atoms with Gasteiger partial charge in [-0.3, -0.25) is 14.5 Å². The summed E-state index contributed by atoms with van der Waals surface area (Å²) >= 11 is 0. The van der Waals surface area contributed by atoms with Crippen LogP contribution in [0.5, 0.6) is 0 Å². The SMILES string of the molecule is CC(C)(C)c1ccc(C(=O)N2CCN([C@@H](C(=O)NCc3cccc(F)c3)C3CCCC3)CC2)cc1. The summed E-state index contributed by atoms with van der Waals surface area (Å²) in [6.45, 7) is 9.40. The van der Waals surface area contributed by atoms with E-state index in [2.05, 4.69) is 31.0 Å². The van der Waals surface area contributed by atoms with Crippen LogP contribution in [0, 0.1) is 11.7 Å². The van der Waals surface area contributed by atoms with Gasteiger partial charge in [0.15, 0.2) is 0 Å². The molecule has 0 aromatic heterocycles. The topological polar surface area (TPSA) is 52.7 Å². The molecule has 1 heterocycles. The van der Waals surface area contributed by atoms with Gasteiger partial charge >= 0.3 is 0 Å². The van der Waals surface area contributed by atoms with Crippen molar-refractivity contribution in [1.29, 1.82) is 0 Å². The van der Waals surface area contributed by atoms with Crippen molar-refractivity contribution in [2.75, 3.05) is 26.2 Å². The summed E-state index contributed by atoms with van der Waals surface area (Å²) in [6, 6.07) is 14.1. The second kappa shape index (κ2) is 10.9. The fourth-order valence-electron chi connectivity index (χ4n) is 5.39. The molecule has 6 heteroatoms. The van der Waals surface area contributed by atoms with Gasteiger partial charge in [0.2, 0.25) is 5.91 Å². The molecule has 1 saturated carbocycles. The van der Waals surface area contributed by atoms with Crippen molar-refractivity contribution in [2.45, 2.75) is 64.5 Å². The van der Waals surface area contributed by atoms with Gasteiger partial charge in [-0.1, -0.05) is 57.9 Å². The van der Waals surface area contributed by atoms with Crippen LogP contribution in [0.15, 0.2) is 48.5 Å². The number of amides is 2. The number of carbonyl (C=O) groups excluding carboxylic acids is 2. The van der Waals surface area contributed by atoms with Crippen molar-refractivity contribution in [3.05, 3.63) is 71.0 Å². The lowest BCUT2D eigenvalue weighted by atomic mass is 9.86. The van der Waals surface area contributed by atoms with E-state index < -0.39 is 0 Å². The number of benzene rings is 2. The Morgan fingerprint density at radius 2 is 1.66 bits per heavy atom. The molecule has 1 atom stereocenters.